The molecule has 0 spiro atoms. The zero-order chi connectivity index (χ0) is 16.4. The summed E-state index contributed by atoms with van der Waals surface area (Å²) in [6.45, 7) is 0.190. The molecule has 4 rings (SSSR count). The van der Waals surface area contributed by atoms with Gasteiger partial charge in [0.25, 0.3) is 5.91 Å². The highest BCUT2D eigenvalue weighted by molar-refractivity contribution is 7.14. The number of hydrogen-bond acceptors (Lipinski definition) is 8. The number of aromatic nitrogens is 3. The summed E-state index contributed by atoms with van der Waals surface area (Å²) in [5, 5.41) is 7.92. The van der Waals surface area contributed by atoms with E-state index in [1.807, 2.05) is 0 Å². The summed E-state index contributed by atoms with van der Waals surface area (Å²) in [5.74, 6) is 1.38. The average molecular weight is 341 g/mol. The molecule has 3 heterocycles. The third-order valence-electron chi connectivity index (χ3n) is 3.15. The fraction of sp³-hybridized carbons (Fsp3) is 0.0667. The molecule has 1 aliphatic rings. The van der Waals surface area contributed by atoms with E-state index in [0.717, 1.165) is 0 Å². The van der Waals surface area contributed by atoms with Crippen molar-refractivity contribution in [2.45, 2.75) is 0 Å². The molecule has 0 fully saturated rings. The second-order valence-corrected chi connectivity index (χ2v) is 5.62. The molecule has 24 heavy (non-hydrogen) atoms. The molecule has 120 valence electrons. The number of hydrogen-bond donors (Lipinski definition) is 2. The van der Waals surface area contributed by atoms with Crippen LogP contribution in [0.2, 0.25) is 0 Å². The average Bonchev–Trinajstić information content (AvgIpc) is 3.24. The van der Waals surface area contributed by atoms with E-state index >= 15 is 0 Å². The van der Waals surface area contributed by atoms with Gasteiger partial charge in [-0.05, 0) is 18.2 Å². The molecule has 9 heteroatoms. The third-order valence-corrected chi connectivity index (χ3v) is 3.91. The standard InChI is InChI=1S/C15H11N5O3S/c21-13(18-9-2-3-11-12(6-9)23-8-22-11)10-7-24-15(19-10)20-14-16-4-1-5-17-14/h1-7H,8H2,(H,18,21)(H,16,17,19,20). The molecule has 1 aromatic carbocycles. The van der Waals surface area contributed by atoms with Crippen molar-refractivity contribution in [3.63, 3.8) is 0 Å². The normalized spacial score (nSPS) is 12.0. The Balaban J connectivity index is 1.45. The van der Waals surface area contributed by atoms with E-state index < -0.39 is 0 Å². The van der Waals surface area contributed by atoms with Crippen LogP contribution in [0.4, 0.5) is 16.8 Å². The number of carbonyl (C=O) groups excluding carboxylic acids is 1. The molecule has 1 amide bonds. The van der Waals surface area contributed by atoms with Gasteiger partial charge >= 0.3 is 0 Å². The second kappa shape index (κ2) is 6.13. The van der Waals surface area contributed by atoms with Crippen LogP contribution in [0.3, 0.4) is 0 Å². The van der Waals surface area contributed by atoms with Crippen molar-refractivity contribution in [3.05, 3.63) is 47.7 Å². The van der Waals surface area contributed by atoms with Gasteiger partial charge in [0.05, 0.1) is 0 Å². The maximum Gasteiger partial charge on any atom is 0.275 e. The Morgan fingerprint density at radius 2 is 2.00 bits per heavy atom. The first-order valence-electron chi connectivity index (χ1n) is 6.98. The zero-order valence-corrected chi connectivity index (χ0v) is 13.0. The lowest BCUT2D eigenvalue weighted by atomic mass is 10.2. The van der Waals surface area contributed by atoms with Crippen LogP contribution >= 0.6 is 11.3 Å². The van der Waals surface area contributed by atoms with Crippen molar-refractivity contribution in [1.29, 1.82) is 0 Å². The second-order valence-electron chi connectivity index (χ2n) is 4.76. The molecule has 0 saturated carbocycles. The van der Waals surface area contributed by atoms with Crippen LogP contribution in [0.1, 0.15) is 10.5 Å². The molecule has 8 nitrogen and oxygen atoms in total. The van der Waals surface area contributed by atoms with E-state index in [1.54, 1.807) is 42.0 Å². The van der Waals surface area contributed by atoms with Crippen molar-refractivity contribution < 1.29 is 14.3 Å². The van der Waals surface area contributed by atoms with Gasteiger partial charge in [0.15, 0.2) is 16.6 Å². The molecule has 3 aromatic rings. The summed E-state index contributed by atoms with van der Waals surface area (Å²) >= 11 is 1.30. The fourth-order valence-corrected chi connectivity index (χ4v) is 2.75. The van der Waals surface area contributed by atoms with Gasteiger partial charge in [-0.2, -0.15) is 0 Å². The van der Waals surface area contributed by atoms with Gasteiger partial charge in [0, 0.05) is 29.5 Å². The number of carbonyl (C=O) groups is 1. The van der Waals surface area contributed by atoms with Crippen LogP contribution in [0, 0.1) is 0 Å². The van der Waals surface area contributed by atoms with Crippen LogP contribution in [0.15, 0.2) is 42.0 Å². The number of amides is 1. The topological polar surface area (TPSA) is 98.3 Å². The Kier molecular flexibility index (Phi) is 3.67. The smallest absolute Gasteiger partial charge is 0.275 e. The Bertz CT molecular complexity index is 884. The summed E-state index contributed by atoms with van der Waals surface area (Å²) in [4.78, 5) is 24.6. The fourth-order valence-electron chi connectivity index (χ4n) is 2.06. The number of thiazole rings is 1. The van der Waals surface area contributed by atoms with Gasteiger partial charge in [-0.15, -0.1) is 11.3 Å². The summed E-state index contributed by atoms with van der Waals surface area (Å²) in [6, 6.07) is 6.92. The largest absolute Gasteiger partial charge is 0.454 e. The van der Waals surface area contributed by atoms with Gasteiger partial charge in [-0.3, -0.25) is 4.79 Å². The highest BCUT2D eigenvalue weighted by Crippen LogP contribution is 2.34. The van der Waals surface area contributed by atoms with E-state index in [-0.39, 0.29) is 12.7 Å². The lowest BCUT2D eigenvalue weighted by Crippen LogP contribution is -2.12. The van der Waals surface area contributed by atoms with Crippen molar-refractivity contribution in [2.75, 3.05) is 17.4 Å². The molecule has 0 saturated heterocycles. The number of nitrogens with zero attached hydrogens (tertiary/aromatic N) is 3. The van der Waals surface area contributed by atoms with Crippen LogP contribution in [0.25, 0.3) is 0 Å². The van der Waals surface area contributed by atoms with Gasteiger partial charge in [0.2, 0.25) is 12.7 Å². The molecule has 1 aliphatic heterocycles. The van der Waals surface area contributed by atoms with E-state index in [0.29, 0.717) is 34.0 Å². The van der Waals surface area contributed by atoms with Crippen LogP contribution in [-0.4, -0.2) is 27.7 Å². The van der Waals surface area contributed by atoms with E-state index in [1.165, 1.54) is 11.3 Å². The lowest BCUT2D eigenvalue weighted by Gasteiger charge is -2.04. The summed E-state index contributed by atoms with van der Waals surface area (Å²) < 4.78 is 10.5. The molecule has 0 atom stereocenters. The molecule has 2 N–H and O–H groups in total. The number of fused-ring (bicyclic) bond motifs is 1. The number of rotatable bonds is 4. The van der Waals surface area contributed by atoms with Gasteiger partial charge in [0.1, 0.15) is 5.69 Å². The maximum absolute atomic E-state index is 12.3. The minimum Gasteiger partial charge on any atom is -0.454 e. The van der Waals surface area contributed by atoms with E-state index in [9.17, 15) is 4.79 Å². The Hall–Kier alpha value is -3.20. The predicted octanol–water partition coefficient (Wildman–Crippen LogP) is 2.66. The molecule has 0 bridgehead atoms. The first-order chi connectivity index (χ1) is 11.8. The highest BCUT2D eigenvalue weighted by atomic mass is 32.1. The number of ether oxygens (including phenoxy) is 2. The SMILES string of the molecule is O=C(Nc1ccc2c(c1)OCO2)c1csc(Nc2ncccn2)n1. The molecular formula is C15H11N5O3S. The van der Waals surface area contributed by atoms with Crippen molar-refractivity contribution in [3.8, 4) is 11.5 Å². The molecule has 0 radical (unpaired) electrons. The van der Waals surface area contributed by atoms with E-state index in [2.05, 4.69) is 25.6 Å². The minimum atomic E-state index is -0.313. The van der Waals surface area contributed by atoms with Gasteiger partial charge in [-0.25, -0.2) is 15.0 Å². The first kappa shape index (κ1) is 14.4. The summed E-state index contributed by atoms with van der Waals surface area (Å²) in [6.07, 6.45) is 3.24. The van der Waals surface area contributed by atoms with Crippen LogP contribution in [0.5, 0.6) is 11.5 Å². The maximum atomic E-state index is 12.3. The summed E-state index contributed by atoms with van der Waals surface area (Å²) in [5.41, 5.74) is 0.911. The van der Waals surface area contributed by atoms with Gasteiger partial charge in [-0.1, -0.05) is 0 Å². The quantitative estimate of drug-likeness (QED) is 0.752. The number of anilines is 3. The zero-order valence-electron chi connectivity index (χ0n) is 12.2. The Labute approximate surface area is 140 Å². The molecule has 0 aliphatic carbocycles. The molecule has 0 unspecified atom stereocenters. The summed E-state index contributed by atoms with van der Waals surface area (Å²) in [7, 11) is 0. The molecule has 2 aromatic heterocycles. The monoisotopic (exact) mass is 341 g/mol. The highest BCUT2D eigenvalue weighted by Gasteiger charge is 2.16. The van der Waals surface area contributed by atoms with Gasteiger partial charge < -0.3 is 20.1 Å². The minimum absolute atomic E-state index is 0.190. The predicted molar refractivity (Wildman–Crippen MR) is 87.9 cm³/mol. The third kappa shape index (κ3) is 2.97. The number of nitrogens with one attached hydrogen (secondary N) is 2. The van der Waals surface area contributed by atoms with Crippen molar-refractivity contribution >= 4 is 34.0 Å². The van der Waals surface area contributed by atoms with Crippen LogP contribution in [-0.2, 0) is 0 Å². The first-order valence-corrected chi connectivity index (χ1v) is 7.86. The Morgan fingerprint density at radius 1 is 1.17 bits per heavy atom. The van der Waals surface area contributed by atoms with Crippen molar-refractivity contribution in [1.82, 2.24) is 15.0 Å². The van der Waals surface area contributed by atoms with Crippen LogP contribution < -0.4 is 20.1 Å². The number of benzene rings is 1. The van der Waals surface area contributed by atoms with E-state index in [4.69, 9.17) is 9.47 Å². The Morgan fingerprint density at radius 3 is 2.88 bits per heavy atom. The van der Waals surface area contributed by atoms with Crippen molar-refractivity contribution in [2.24, 2.45) is 0 Å². The lowest BCUT2D eigenvalue weighted by molar-refractivity contribution is 0.102. The molecular weight excluding hydrogens is 330 g/mol.